The van der Waals surface area contributed by atoms with Crippen LogP contribution in [0.4, 0.5) is 0 Å². The van der Waals surface area contributed by atoms with Crippen LogP contribution in [0.15, 0.2) is 18.2 Å². The second-order valence-electron chi connectivity index (χ2n) is 6.54. The van der Waals surface area contributed by atoms with E-state index in [1.807, 2.05) is 0 Å². The maximum Gasteiger partial charge on any atom is 0.0279 e. The van der Waals surface area contributed by atoms with Crippen molar-refractivity contribution in [2.45, 2.75) is 65.3 Å². The van der Waals surface area contributed by atoms with Gasteiger partial charge in [-0.3, -0.25) is 11.3 Å². The van der Waals surface area contributed by atoms with E-state index in [9.17, 15) is 0 Å². The highest BCUT2D eigenvalue weighted by Gasteiger charge is 2.27. The van der Waals surface area contributed by atoms with Gasteiger partial charge in [0.15, 0.2) is 0 Å². The smallest absolute Gasteiger partial charge is 0.0279 e. The number of aryl methyl sites for hydroxylation is 2. The summed E-state index contributed by atoms with van der Waals surface area (Å²) >= 11 is 0. The molecule has 2 heteroatoms. The van der Waals surface area contributed by atoms with Crippen molar-refractivity contribution in [3.8, 4) is 0 Å². The van der Waals surface area contributed by atoms with Gasteiger partial charge in [0.1, 0.15) is 0 Å². The highest BCUT2D eigenvalue weighted by molar-refractivity contribution is 5.34. The van der Waals surface area contributed by atoms with E-state index in [4.69, 9.17) is 5.84 Å². The summed E-state index contributed by atoms with van der Waals surface area (Å²) in [4.78, 5) is 0. The molecular weight excluding hydrogens is 244 g/mol. The summed E-state index contributed by atoms with van der Waals surface area (Å²) in [6.07, 6.45) is 7.83. The third-order valence-electron chi connectivity index (χ3n) is 5.32. The van der Waals surface area contributed by atoms with Gasteiger partial charge in [-0.05, 0) is 61.6 Å². The molecule has 1 aromatic rings. The molecule has 0 radical (unpaired) electrons. The zero-order valence-electron chi connectivity index (χ0n) is 13.3. The number of hydrogen-bond acceptors (Lipinski definition) is 2. The lowest BCUT2D eigenvalue weighted by Gasteiger charge is -2.34. The van der Waals surface area contributed by atoms with Crippen molar-refractivity contribution in [2.75, 3.05) is 0 Å². The Bertz CT molecular complexity index is 399. The Morgan fingerprint density at radius 2 is 1.75 bits per heavy atom. The van der Waals surface area contributed by atoms with Gasteiger partial charge >= 0.3 is 0 Å². The zero-order chi connectivity index (χ0) is 14.5. The number of rotatable bonds is 5. The van der Waals surface area contributed by atoms with Crippen molar-refractivity contribution in [3.05, 3.63) is 34.9 Å². The molecule has 0 spiro atoms. The van der Waals surface area contributed by atoms with E-state index in [0.717, 1.165) is 18.3 Å². The Morgan fingerprint density at radius 3 is 2.25 bits per heavy atom. The average Bonchev–Trinajstić information content (AvgIpc) is 2.47. The van der Waals surface area contributed by atoms with Crippen molar-refractivity contribution in [1.82, 2.24) is 5.43 Å². The molecule has 2 nitrogen and oxygen atoms in total. The number of nitrogens with two attached hydrogens (primary N) is 1. The fraction of sp³-hybridized carbons (Fsp3) is 0.667. The third-order valence-corrected chi connectivity index (χ3v) is 5.32. The van der Waals surface area contributed by atoms with Crippen LogP contribution in [-0.2, 0) is 6.42 Å². The Labute approximate surface area is 124 Å². The highest BCUT2D eigenvalue weighted by Crippen LogP contribution is 2.33. The van der Waals surface area contributed by atoms with Gasteiger partial charge in [0.2, 0.25) is 0 Å². The fourth-order valence-electron chi connectivity index (χ4n) is 3.75. The standard InChI is InChI=1S/C18H30N2/c1-4-15-8-10-16(11-9-15)18(20-19)12-17-13(2)6-5-7-14(17)3/h5-7,15-16,18,20H,4,8-12,19H2,1-3H3. The summed E-state index contributed by atoms with van der Waals surface area (Å²) in [5.41, 5.74) is 7.38. The van der Waals surface area contributed by atoms with Crippen LogP contribution in [0.2, 0.25) is 0 Å². The Balaban J connectivity index is 2.02. The first kappa shape index (κ1) is 15.5. The molecule has 1 aliphatic rings. The summed E-state index contributed by atoms with van der Waals surface area (Å²) in [5.74, 6) is 7.56. The third kappa shape index (κ3) is 3.62. The molecule has 0 amide bonds. The molecule has 20 heavy (non-hydrogen) atoms. The second kappa shape index (κ2) is 7.24. The van der Waals surface area contributed by atoms with Gasteiger partial charge < -0.3 is 0 Å². The van der Waals surface area contributed by atoms with E-state index in [0.29, 0.717) is 6.04 Å². The van der Waals surface area contributed by atoms with Gasteiger partial charge in [-0.1, -0.05) is 44.4 Å². The first-order valence-corrected chi connectivity index (χ1v) is 8.16. The molecule has 0 saturated heterocycles. The minimum absolute atomic E-state index is 0.424. The summed E-state index contributed by atoms with van der Waals surface area (Å²) < 4.78 is 0. The molecule has 1 aliphatic carbocycles. The topological polar surface area (TPSA) is 38.0 Å². The number of benzene rings is 1. The van der Waals surface area contributed by atoms with E-state index >= 15 is 0 Å². The van der Waals surface area contributed by atoms with Crippen LogP contribution < -0.4 is 11.3 Å². The van der Waals surface area contributed by atoms with Crippen molar-refractivity contribution >= 4 is 0 Å². The summed E-state index contributed by atoms with van der Waals surface area (Å²) in [7, 11) is 0. The van der Waals surface area contributed by atoms with Gasteiger partial charge in [-0.25, -0.2) is 0 Å². The molecular formula is C18H30N2. The summed E-state index contributed by atoms with van der Waals surface area (Å²) in [6, 6.07) is 6.99. The first-order chi connectivity index (χ1) is 9.65. The second-order valence-corrected chi connectivity index (χ2v) is 6.54. The normalized spacial score (nSPS) is 24.6. The van der Waals surface area contributed by atoms with E-state index in [2.05, 4.69) is 44.4 Å². The number of nitrogens with one attached hydrogen (secondary N) is 1. The maximum absolute atomic E-state index is 5.87. The van der Waals surface area contributed by atoms with Gasteiger partial charge in [-0.15, -0.1) is 0 Å². The number of hydrogen-bond donors (Lipinski definition) is 2. The van der Waals surface area contributed by atoms with Crippen LogP contribution in [0.3, 0.4) is 0 Å². The monoisotopic (exact) mass is 274 g/mol. The highest BCUT2D eigenvalue weighted by atomic mass is 15.2. The zero-order valence-corrected chi connectivity index (χ0v) is 13.3. The van der Waals surface area contributed by atoms with Crippen molar-refractivity contribution in [2.24, 2.45) is 17.7 Å². The predicted molar refractivity (Wildman–Crippen MR) is 86.5 cm³/mol. The maximum atomic E-state index is 5.87. The Kier molecular flexibility index (Phi) is 5.62. The predicted octanol–water partition coefficient (Wildman–Crippen LogP) is 3.89. The quantitative estimate of drug-likeness (QED) is 0.631. The van der Waals surface area contributed by atoms with E-state index in [1.165, 1.54) is 48.8 Å². The molecule has 0 aliphatic heterocycles. The van der Waals surface area contributed by atoms with Crippen LogP contribution in [0, 0.1) is 25.7 Å². The fourth-order valence-corrected chi connectivity index (χ4v) is 3.75. The molecule has 1 unspecified atom stereocenters. The van der Waals surface area contributed by atoms with E-state index < -0.39 is 0 Å². The largest absolute Gasteiger partial charge is 0.271 e. The number of hydrazine groups is 1. The molecule has 1 fully saturated rings. The lowest BCUT2D eigenvalue weighted by Crippen LogP contribution is -2.44. The van der Waals surface area contributed by atoms with Crippen molar-refractivity contribution < 1.29 is 0 Å². The van der Waals surface area contributed by atoms with Crippen LogP contribution in [0.1, 0.15) is 55.7 Å². The Morgan fingerprint density at radius 1 is 1.15 bits per heavy atom. The molecule has 0 bridgehead atoms. The molecule has 1 saturated carbocycles. The SMILES string of the molecule is CCC1CCC(C(Cc2c(C)cccc2C)NN)CC1. The minimum atomic E-state index is 0.424. The van der Waals surface area contributed by atoms with Crippen LogP contribution in [-0.4, -0.2) is 6.04 Å². The van der Waals surface area contributed by atoms with Crippen molar-refractivity contribution in [1.29, 1.82) is 0 Å². The van der Waals surface area contributed by atoms with E-state index in [1.54, 1.807) is 0 Å². The van der Waals surface area contributed by atoms with Crippen LogP contribution in [0.5, 0.6) is 0 Å². The van der Waals surface area contributed by atoms with Gasteiger partial charge in [-0.2, -0.15) is 0 Å². The summed E-state index contributed by atoms with van der Waals surface area (Å²) in [6.45, 7) is 6.74. The Hall–Kier alpha value is -0.860. The molecule has 1 aromatic carbocycles. The molecule has 3 N–H and O–H groups in total. The van der Waals surface area contributed by atoms with Crippen LogP contribution in [0.25, 0.3) is 0 Å². The molecule has 112 valence electrons. The molecule has 2 rings (SSSR count). The average molecular weight is 274 g/mol. The van der Waals surface area contributed by atoms with Gasteiger partial charge in [0, 0.05) is 6.04 Å². The first-order valence-electron chi connectivity index (χ1n) is 8.16. The van der Waals surface area contributed by atoms with E-state index in [-0.39, 0.29) is 0 Å². The molecule has 0 aromatic heterocycles. The summed E-state index contributed by atoms with van der Waals surface area (Å²) in [5, 5.41) is 0. The minimum Gasteiger partial charge on any atom is -0.271 e. The molecule has 0 heterocycles. The lowest BCUT2D eigenvalue weighted by atomic mass is 9.76. The van der Waals surface area contributed by atoms with Crippen LogP contribution >= 0.6 is 0 Å². The molecule has 1 atom stereocenters. The lowest BCUT2D eigenvalue weighted by molar-refractivity contribution is 0.217. The van der Waals surface area contributed by atoms with Gasteiger partial charge in [0.05, 0.1) is 0 Å². The van der Waals surface area contributed by atoms with Gasteiger partial charge in [0.25, 0.3) is 0 Å². The van der Waals surface area contributed by atoms with Crippen molar-refractivity contribution in [3.63, 3.8) is 0 Å².